The fourth-order valence-electron chi connectivity index (χ4n) is 1.65. The molecule has 0 spiro atoms. The summed E-state index contributed by atoms with van der Waals surface area (Å²) >= 11 is 0. The summed E-state index contributed by atoms with van der Waals surface area (Å²) in [4.78, 5) is 15.7. The van der Waals surface area contributed by atoms with Gasteiger partial charge in [-0.1, -0.05) is 0 Å². The van der Waals surface area contributed by atoms with Crippen LogP contribution in [-0.4, -0.2) is 51.7 Å². The second-order valence-corrected chi connectivity index (χ2v) is 6.07. The van der Waals surface area contributed by atoms with Crippen molar-refractivity contribution in [2.75, 3.05) is 25.0 Å². The monoisotopic (exact) mass is 311 g/mol. The van der Waals surface area contributed by atoms with Gasteiger partial charge in [-0.05, 0) is 40.0 Å². The number of alkyl carbamates (subject to hydrolysis) is 1. The Kier molecular flexibility index (Phi) is 6.97. The Bertz CT molecular complexity index is 459. The lowest BCUT2D eigenvalue weighted by molar-refractivity contribution is 0.0517. The summed E-state index contributed by atoms with van der Waals surface area (Å²) in [5.74, 6) is 0.452. The molecule has 22 heavy (non-hydrogen) atoms. The first kappa shape index (κ1) is 18.1. The van der Waals surface area contributed by atoms with Gasteiger partial charge in [-0.3, -0.25) is 0 Å². The van der Waals surface area contributed by atoms with Gasteiger partial charge in [0.1, 0.15) is 5.60 Å². The lowest BCUT2D eigenvalue weighted by Gasteiger charge is -2.22. The Morgan fingerprint density at radius 3 is 2.64 bits per heavy atom. The van der Waals surface area contributed by atoms with Crippen LogP contribution in [0.4, 0.5) is 10.7 Å². The predicted octanol–water partition coefficient (Wildman–Crippen LogP) is 1.12. The molecule has 3 N–H and O–H groups in total. The molecule has 0 aliphatic rings. The molecule has 1 amide bonds. The lowest BCUT2D eigenvalue weighted by Crippen LogP contribution is -2.37. The molecule has 0 aromatic carbocycles. The molecule has 1 aromatic rings. The fourth-order valence-corrected chi connectivity index (χ4v) is 1.65. The standard InChI is InChI=1S/C14H25N5O3/c1-10-7-15-12(19-18-10)16-8-11(5-6-20)9-17-13(21)22-14(2,3)4/h7,11,20H,5-6,8-9H2,1-4H3,(H,17,21)(H,15,16,19). The van der Waals surface area contributed by atoms with Gasteiger partial charge in [-0.2, -0.15) is 5.10 Å². The molecule has 8 nitrogen and oxygen atoms in total. The Labute approximate surface area is 130 Å². The van der Waals surface area contributed by atoms with E-state index in [0.717, 1.165) is 5.69 Å². The molecule has 0 radical (unpaired) electrons. The van der Waals surface area contributed by atoms with E-state index in [9.17, 15) is 4.79 Å². The number of carbonyl (C=O) groups excluding carboxylic acids is 1. The molecule has 1 unspecified atom stereocenters. The van der Waals surface area contributed by atoms with Gasteiger partial charge >= 0.3 is 6.09 Å². The number of carbonyl (C=O) groups is 1. The van der Waals surface area contributed by atoms with Crippen LogP contribution in [0.1, 0.15) is 32.9 Å². The maximum Gasteiger partial charge on any atom is 0.407 e. The zero-order valence-electron chi connectivity index (χ0n) is 13.6. The summed E-state index contributed by atoms with van der Waals surface area (Å²) in [5.41, 5.74) is 0.208. The predicted molar refractivity (Wildman–Crippen MR) is 82.5 cm³/mol. The third-order valence-electron chi connectivity index (χ3n) is 2.70. The van der Waals surface area contributed by atoms with Crippen LogP contribution in [0.5, 0.6) is 0 Å². The average molecular weight is 311 g/mol. The number of nitrogens with one attached hydrogen (secondary N) is 2. The maximum absolute atomic E-state index is 11.6. The van der Waals surface area contributed by atoms with E-state index in [1.54, 1.807) is 27.0 Å². The number of anilines is 1. The van der Waals surface area contributed by atoms with Gasteiger partial charge in [0.05, 0.1) is 11.9 Å². The van der Waals surface area contributed by atoms with Gasteiger partial charge in [0.15, 0.2) is 0 Å². The summed E-state index contributed by atoms with van der Waals surface area (Å²) in [7, 11) is 0. The van der Waals surface area contributed by atoms with Gasteiger partial charge in [-0.15, -0.1) is 5.10 Å². The van der Waals surface area contributed by atoms with Crippen molar-refractivity contribution in [3.05, 3.63) is 11.9 Å². The second-order valence-electron chi connectivity index (χ2n) is 6.07. The van der Waals surface area contributed by atoms with E-state index >= 15 is 0 Å². The highest BCUT2D eigenvalue weighted by molar-refractivity contribution is 5.67. The van der Waals surface area contributed by atoms with Gasteiger partial charge in [0.25, 0.3) is 0 Å². The number of hydrogen-bond donors (Lipinski definition) is 3. The van der Waals surface area contributed by atoms with E-state index in [4.69, 9.17) is 9.84 Å². The van der Waals surface area contributed by atoms with E-state index in [1.165, 1.54) is 0 Å². The van der Waals surface area contributed by atoms with Crippen LogP contribution in [0.2, 0.25) is 0 Å². The Balaban J connectivity index is 2.41. The maximum atomic E-state index is 11.6. The zero-order chi connectivity index (χ0) is 16.6. The summed E-state index contributed by atoms with van der Waals surface area (Å²) < 4.78 is 5.17. The lowest BCUT2D eigenvalue weighted by atomic mass is 10.1. The molecule has 1 rings (SSSR count). The first-order valence-corrected chi connectivity index (χ1v) is 7.28. The van der Waals surface area contributed by atoms with Crippen molar-refractivity contribution in [3.8, 4) is 0 Å². The number of aliphatic hydroxyl groups excluding tert-OH is 1. The molecule has 124 valence electrons. The molecule has 1 heterocycles. The highest BCUT2D eigenvalue weighted by Gasteiger charge is 2.17. The summed E-state index contributed by atoms with van der Waals surface area (Å²) in [6.45, 7) is 8.17. The summed E-state index contributed by atoms with van der Waals surface area (Å²) in [6.07, 6.45) is 1.70. The van der Waals surface area contributed by atoms with E-state index in [-0.39, 0.29) is 12.5 Å². The minimum atomic E-state index is -0.532. The Hall–Kier alpha value is -1.96. The molecular weight excluding hydrogens is 286 g/mol. The number of hydrogen-bond acceptors (Lipinski definition) is 7. The quantitative estimate of drug-likeness (QED) is 0.692. The number of rotatable bonds is 7. The number of aliphatic hydroxyl groups is 1. The number of aromatic nitrogens is 3. The number of amides is 1. The molecule has 0 saturated carbocycles. The molecule has 0 bridgehead atoms. The molecule has 0 fully saturated rings. The fraction of sp³-hybridized carbons (Fsp3) is 0.714. The smallest absolute Gasteiger partial charge is 0.407 e. The second kappa shape index (κ2) is 8.47. The van der Waals surface area contributed by atoms with E-state index in [0.29, 0.717) is 25.5 Å². The Morgan fingerprint density at radius 2 is 2.09 bits per heavy atom. The van der Waals surface area contributed by atoms with Crippen LogP contribution in [0, 0.1) is 12.8 Å². The van der Waals surface area contributed by atoms with Gasteiger partial charge in [0.2, 0.25) is 5.95 Å². The van der Waals surface area contributed by atoms with E-state index in [1.807, 2.05) is 6.92 Å². The largest absolute Gasteiger partial charge is 0.444 e. The van der Waals surface area contributed by atoms with Crippen LogP contribution in [-0.2, 0) is 4.74 Å². The molecule has 0 aliphatic carbocycles. The van der Waals surface area contributed by atoms with Crippen molar-refractivity contribution in [3.63, 3.8) is 0 Å². The normalized spacial score (nSPS) is 12.6. The third-order valence-corrected chi connectivity index (χ3v) is 2.70. The van der Waals surface area contributed by atoms with Crippen molar-refractivity contribution < 1.29 is 14.6 Å². The van der Waals surface area contributed by atoms with E-state index < -0.39 is 11.7 Å². The first-order valence-electron chi connectivity index (χ1n) is 7.28. The molecular formula is C14H25N5O3. The molecule has 8 heteroatoms. The SMILES string of the molecule is Cc1cnc(NCC(CCO)CNC(=O)OC(C)(C)C)nn1. The first-order chi connectivity index (χ1) is 10.3. The topological polar surface area (TPSA) is 109 Å². The van der Waals surface area contributed by atoms with Crippen molar-refractivity contribution in [2.45, 2.75) is 39.7 Å². The number of nitrogens with zero attached hydrogens (tertiary/aromatic N) is 3. The minimum Gasteiger partial charge on any atom is -0.444 e. The highest BCUT2D eigenvalue weighted by atomic mass is 16.6. The van der Waals surface area contributed by atoms with Crippen molar-refractivity contribution in [1.82, 2.24) is 20.5 Å². The van der Waals surface area contributed by atoms with Crippen molar-refractivity contribution >= 4 is 12.0 Å². The van der Waals surface area contributed by atoms with E-state index in [2.05, 4.69) is 25.8 Å². The van der Waals surface area contributed by atoms with Crippen LogP contribution >= 0.6 is 0 Å². The summed E-state index contributed by atoms with van der Waals surface area (Å²) in [5, 5.41) is 22.7. The van der Waals surface area contributed by atoms with Gasteiger partial charge < -0.3 is 20.5 Å². The van der Waals surface area contributed by atoms with Crippen molar-refractivity contribution in [2.24, 2.45) is 5.92 Å². The van der Waals surface area contributed by atoms with Crippen LogP contribution in [0.15, 0.2) is 6.20 Å². The number of ether oxygens (including phenoxy) is 1. The van der Waals surface area contributed by atoms with Crippen LogP contribution < -0.4 is 10.6 Å². The van der Waals surface area contributed by atoms with Crippen molar-refractivity contribution in [1.29, 1.82) is 0 Å². The molecule has 1 atom stereocenters. The summed E-state index contributed by atoms with van der Waals surface area (Å²) in [6, 6.07) is 0. The van der Waals surface area contributed by atoms with Gasteiger partial charge in [-0.25, -0.2) is 9.78 Å². The highest BCUT2D eigenvalue weighted by Crippen LogP contribution is 2.08. The molecule has 0 saturated heterocycles. The van der Waals surface area contributed by atoms with Gasteiger partial charge in [0, 0.05) is 19.7 Å². The third kappa shape index (κ3) is 7.72. The zero-order valence-corrected chi connectivity index (χ0v) is 13.6. The van der Waals surface area contributed by atoms with Crippen LogP contribution in [0.25, 0.3) is 0 Å². The van der Waals surface area contributed by atoms with Crippen LogP contribution in [0.3, 0.4) is 0 Å². The molecule has 1 aromatic heterocycles. The number of aryl methyl sites for hydroxylation is 1. The average Bonchev–Trinajstić information content (AvgIpc) is 2.42. The Morgan fingerprint density at radius 1 is 1.36 bits per heavy atom. The minimum absolute atomic E-state index is 0.0300. The molecule has 0 aliphatic heterocycles.